The van der Waals surface area contributed by atoms with E-state index in [2.05, 4.69) is 34.3 Å². The number of benzene rings is 1. The summed E-state index contributed by atoms with van der Waals surface area (Å²) < 4.78 is 0. The smallest absolute Gasteiger partial charge is 0.287 e. The molecule has 1 N–H and O–H groups in total. The summed E-state index contributed by atoms with van der Waals surface area (Å²) >= 11 is 0. The fourth-order valence-corrected chi connectivity index (χ4v) is 3.10. The molecule has 1 saturated heterocycles. The van der Waals surface area contributed by atoms with Gasteiger partial charge in [0, 0.05) is 24.8 Å². The SMILES string of the molecule is CC1CCCN(Cc2ccc(Nc3ccc([N+](=O)[O-])cn3)cc2)C1. The summed E-state index contributed by atoms with van der Waals surface area (Å²) in [6.45, 7) is 5.65. The first-order chi connectivity index (χ1) is 11.6. The second-order valence-electron chi connectivity index (χ2n) is 6.46. The van der Waals surface area contributed by atoms with Crippen LogP contribution in [0.25, 0.3) is 0 Å². The number of hydrogen-bond acceptors (Lipinski definition) is 5. The Balaban J connectivity index is 1.58. The van der Waals surface area contributed by atoms with Gasteiger partial charge in [0.25, 0.3) is 5.69 Å². The van der Waals surface area contributed by atoms with Crippen LogP contribution < -0.4 is 5.32 Å². The number of likely N-dealkylation sites (tertiary alicyclic amines) is 1. The van der Waals surface area contributed by atoms with Crippen molar-refractivity contribution in [3.8, 4) is 0 Å². The van der Waals surface area contributed by atoms with Crippen LogP contribution in [0.15, 0.2) is 42.6 Å². The first kappa shape index (κ1) is 16.4. The molecule has 0 radical (unpaired) electrons. The monoisotopic (exact) mass is 326 g/mol. The number of piperidine rings is 1. The van der Waals surface area contributed by atoms with Gasteiger partial charge < -0.3 is 5.32 Å². The van der Waals surface area contributed by atoms with E-state index in [1.807, 2.05) is 12.1 Å². The predicted octanol–water partition coefficient (Wildman–Crippen LogP) is 3.97. The first-order valence-corrected chi connectivity index (χ1v) is 8.29. The molecule has 0 spiro atoms. The molecule has 0 saturated carbocycles. The lowest BCUT2D eigenvalue weighted by Gasteiger charge is -2.30. The molecule has 2 heterocycles. The molecule has 2 aromatic rings. The quantitative estimate of drug-likeness (QED) is 0.665. The lowest BCUT2D eigenvalue weighted by molar-refractivity contribution is -0.385. The number of rotatable bonds is 5. The lowest BCUT2D eigenvalue weighted by atomic mass is 10.00. The largest absolute Gasteiger partial charge is 0.340 e. The Morgan fingerprint density at radius 3 is 2.71 bits per heavy atom. The average Bonchev–Trinajstić information content (AvgIpc) is 2.57. The molecule has 1 aliphatic heterocycles. The van der Waals surface area contributed by atoms with Crippen LogP contribution >= 0.6 is 0 Å². The Morgan fingerprint density at radius 1 is 1.29 bits per heavy atom. The molecule has 126 valence electrons. The van der Waals surface area contributed by atoms with Crippen LogP contribution in [0.1, 0.15) is 25.3 Å². The van der Waals surface area contributed by atoms with E-state index in [1.54, 1.807) is 6.07 Å². The maximum Gasteiger partial charge on any atom is 0.287 e. The second kappa shape index (κ2) is 7.40. The number of nitrogens with zero attached hydrogens (tertiary/aromatic N) is 3. The zero-order valence-corrected chi connectivity index (χ0v) is 13.8. The minimum absolute atomic E-state index is 0.00772. The second-order valence-corrected chi connectivity index (χ2v) is 6.46. The van der Waals surface area contributed by atoms with Gasteiger partial charge in [-0.3, -0.25) is 15.0 Å². The van der Waals surface area contributed by atoms with Gasteiger partial charge in [0.1, 0.15) is 12.0 Å². The number of hydrogen-bond donors (Lipinski definition) is 1. The zero-order valence-electron chi connectivity index (χ0n) is 13.8. The van der Waals surface area contributed by atoms with Gasteiger partial charge in [-0.1, -0.05) is 19.1 Å². The van der Waals surface area contributed by atoms with Gasteiger partial charge in [0.05, 0.1) is 4.92 Å². The molecule has 1 aromatic heterocycles. The van der Waals surface area contributed by atoms with Crippen LogP contribution in [0.2, 0.25) is 0 Å². The van der Waals surface area contributed by atoms with Crippen molar-refractivity contribution in [2.45, 2.75) is 26.3 Å². The van der Waals surface area contributed by atoms with E-state index in [4.69, 9.17) is 0 Å². The summed E-state index contributed by atoms with van der Waals surface area (Å²) in [6.07, 6.45) is 3.88. The minimum Gasteiger partial charge on any atom is -0.340 e. The van der Waals surface area contributed by atoms with Gasteiger partial charge in [-0.2, -0.15) is 0 Å². The fourth-order valence-electron chi connectivity index (χ4n) is 3.10. The van der Waals surface area contributed by atoms with Crippen LogP contribution in [0, 0.1) is 16.0 Å². The molecular weight excluding hydrogens is 304 g/mol. The number of nitrogens with one attached hydrogen (secondary N) is 1. The summed E-state index contributed by atoms with van der Waals surface area (Å²) in [7, 11) is 0. The standard InChI is InChI=1S/C18H22N4O2/c1-14-3-2-10-21(12-14)13-15-4-6-16(7-5-15)20-18-9-8-17(11-19-18)22(23)24/h4-9,11,14H,2-3,10,12-13H2,1H3,(H,19,20). The molecule has 1 unspecified atom stereocenters. The van der Waals surface area contributed by atoms with Crippen LogP contribution in [0.4, 0.5) is 17.2 Å². The highest BCUT2D eigenvalue weighted by Crippen LogP contribution is 2.20. The molecule has 3 rings (SSSR count). The van der Waals surface area contributed by atoms with Gasteiger partial charge in [-0.15, -0.1) is 0 Å². The van der Waals surface area contributed by atoms with Gasteiger partial charge in [-0.25, -0.2) is 4.98 Å². The van der Waals surface area contributed by atoms with Gasteiger partial charge >= 0.3 is 0 Å². The average molecular weight is 326 g/mol. The Kier molecular flexibility index (Phi) is 5.05. The topological polar surface area (TPSA) is 71.3 Å². The molecule has 1 aromatic carbocycles. The van der Waals surface area contributed by atoms with E-state index in [0.29, 0.717) is 5.82 Å². The summed E-state index contributed by atoms with van der Waals surface area (Å²) in [5.74, 6) is 1.38. The van der Waals surface area contributed by atoms with E-state index >= 15 is 0 Å². The minimum atomic E-state index is -0.451. The van der Waals surface area contributed by atoms with Crippen LogP contribution in [-0.4, -0.2) is 27.9 Å². The third-order valence-electron chi connectivity index (χ3n) is 4.33. The van der Waals surface area contributed by atoms with E-state index in [-0.39, 0.29) is 5.69 Å². The van der Waals surface area contributed by atoms with E-state index < -0.39 is 4.92 Å². The van der Waals surface area contributed by atoms with Crippen molar-refractivity contribution in [3.05, 3.63) is 58.3 Å². The Morgan fingerprint density at radius 2 is 2.08 bits per heavy atom. The Bertz CT molecular complexity index is 685. The predicted molar refractivity (Wildman–Crippen MR) is 94.3 cm³/mol. The zero-order chi connectivity index (χ0) is 16.9. The van der Waals surface area contributed by atoms with Gasteiger partial charge in [0.15, 0.2) is 0 Å². The van der Waals surface area contributed by atoms with Crippen molar-refractivity contribution >= 4 is 17.2 Å². The van der Waals surface area contributed by atoms with Crippen LogP contribution in [0.3, 0.4) is 0 Å². The summed E-state index contributed by atoms with van der Waals surface area (Å²) in [5.41, 5.74) is 2.21. The number of aromatic nitrogens is 1. The molecule has 24 heavy (non-hydrogen) atoms. The number of nitro groups is 1. The van der Waals surface area contributed by atoms with Gasteiger partial charge in [-0.05, 0) is 49.1 Å². The highest BCUT2D eigenvalue weighted by atomic mass is 16.6. The van der Waals surface area contributed by atoms with Gasteiger partial charge in [0.2, 0.25) is 0 Å². The third kappa shape index (κ3) is 4.29. The van der Waals surface area contributed by atoms with E-state index in [1.165, 1.54) is 43.8 Å². The van der Waals surface area contributed by atoms with Crippen molar-refractivity contribution in [1.82, 2.24) is 9.88 Å². The Labute approximate surface area is 141 Å². The van der Waals surface area contributed by atoms with Crippen molar-refractivity contribution in [2.75, 3.05) is 18.4 Å². The van der Waals surface area contributed by atoms with Crippen molar-refractivity contribution in [2.24, 2.45) is 5.92 Å². The molecular formula is C18H22N4O2. The Hall–Kier alpha value is -2.47. The summed E-state index contributed by atoms with van der Waals surface area (Å²) in [6, 6.07) is 11.3. The van der Waals surface area contributed by atoms with E-state index in [0.717, 1.165) is 18.2 Å². The molecule has 0 bridgehead atoms. The molecule has 6 heteroatoms. The molecule has 1 atom stereocenters. The number of anilines is 2. The molecule has 1 aliphatic rings. The lowest BCUT2D eigenvalue weighted by Crippen LogP contribution is -2.33. The maximum atomic E-state index is 10.6. The summed E-state index contributed by atoms with van der Waals surface area (Å²) in [5, 5.41) is 13.8. The van der Waals surface area contributed by atoms with E-state index in [9.17, 15) is 10.1 Å². The normalized spacial score (nSPS) is 18.3. The highest BCUT2D eigenvalue weighted by Gasteiger charge is 2.16. The third-order valence-corrected chi connectivity index (χ3v) is 4.33. The fraction of sp³-hybridized carbons (Fsp3) is 0.389. The summed E-state index contributed by atoms with van der Waals surface area (Å²) in [4.78, 5) is 16.7. The first-order valence-electron chi connectivity index (χ1n) is 8.29. The van der Waals surface area contributed by atoms with Crippen LogP contribution in [0.5, 0.6) is 0 Å². The van der Waals surface area contributed by atoms with Crippen molar-refractivity contribution < 1.29 is 4.92 Å². The molecule has 1 fully saturated rings. The molecule has 0 amide bonds. The van der Waals surface area contributed by atoms with Crippen molar-refractivity contribution in [1.29, 1.82) is 0 Å². The molecule has 0 aliphatic carbocycles. The number of pyridine rings is 1. The maximum absolute atomic E-state index is 10.6. The molecule has 6 nitrogen and oxygen atoms in total. The van der Waals surface area contributed by atoms with Crippen molar-refractivity contribution in [3.63, 3.8) is 0 Å². The van der Waals surface area contributed by atoms with Crippen LogP contribution in [-0.2, 0) is 6.54 Å². The highest BCUT2D eigenvalue weighted by molar-refractivity contribution is 5.57.